The number of carbonyl (C=O) groups is 1. The molecule has 0 aliphatic heterocycles. The van der Waals surface area contributed by atoms with Gasteiger partial charge in [0.2, 0.25) is 0 Å². The summed E-state index contributed by atoms with van der Waals surface area (Å²) in [5.41, 5.74) is 5.44. The van der Waals surface area contributed by atoms with Gasteiger partial charge in [-0.25, -0.2) is 4.79 Å². The zero-order valence-electron chi connectivity index (χ0n) is 9.87. The van der Waals surface area contributed by atoms with Crippen molar-refractivity contribution in [2.75, 3.05) is 7.11 Å². The van der Waals surface area contributed by atoms with E-state index in [1.165, 1.54) is 21.8 Å². The number of methoxy groups -OCH3 is 1. The zero-order chi connectivity index (χ0) is 12.7. The smallest absolute Gasteiger partial charge is 0.338 e. The first kappa shape index (κ1) is 11.7. The van der Waals surface area contributed by atoms with Crippen LogP contribution in [0.3, 0.4) is 0 Å². The molecule has 1 aliphatic carbocycles. The highest BCUT2D eigenvalue weighted by Gasteiger charge is 2.23. The van der Waals surface area contributed by atoms with Crippen molar-refractivity contribution in [1.82, 2.24) is 0 Å². The van der Waals surface area contributed by atoms with Gasteiger partial charge in [0.1, 0.15) is 0 Å². The van der Waals surface area contributed by atoms with E-state index in [1.54, 1.807) is 0 Å². The van der Waals surface area contributed by atoms with Crippen LogP contribution in [-0.4, -0.2) is 13.1 Å². The van der Waals surface area contributed by atoms with Crippen LogP contribution < -0.4 is 0 Å². The Morgan fingerprint density at radius 2 is 2.06 bits per heavy atom. The average molecular weight is 350 g/mol. The van der Waals surface area contributed by atoms with E-state index in [1.807, 2.05) is 12.1 Å². The van der Waals surface area contributed by atoms with E-state index in [9.17, 15) is 4.79 Å². The number of rotatable bonds is 1. The van der Waals surface area contributed by atoms with Gasteiger partial charge in [0.15, 0.2) is 0 Å². The first-order valence-electron chi connectivity index (χ1n) is 5.69. The summed E-state index contributed by atoms with van der Waals surface area (Å²) in [5, 5.41) is 0. The van der Waals surface area contributed by atoms with Crippen LogP contribution in [-0.2, 0) is 11.2 Å². The van der Waals surface area contributed by atoms with Crippen LogP contribution >= 0.6 is 22.6 Å². The number of hydrogen-bond donors (Lipinski definition) is 0. The third-order valence-corrected chi connectivity index (χ3v) is 3.98. The Hall–Kier alpha value is -1.36. The third kappa shape index (κ3) is 1.73. The summed E-state index contributed by atoms with van der Waals surface area (Å²) < 4.78 is 6.06. The van der Waals surface area contributed by atoms with E-state index < -0.39 is 0 Å². The molecule has 0 radical (unpaired) electrons. The normalized spacial score (nSPS) is 11.9. The number of hydrogen-bond acceptors (Lipinski definition) is 2. The molecule has 90 valence electrons. The largest absolute Gasteiger partial charge is 0.465 e. The summed E-state index contributed by atoms with van der Waals surface area (Å²) in [4.78, 5) is 11.8. The molecule has 1 aliphatic rings. The Labute approximate surface area is 119 Å². The minimum absolute atomic E-state index is 0.255. The SMILES string of the molecule is COC(=O)c1cccc2c1Cc1cc(I)ccc1-2. The molecule has 0 aromatic heterocycles. The Balaban J connectivity index is 2.19. The predicted octanol–water partition coefficient (Wildman–Crippen LogP) is 3.65. The van der Waals surface area contributed by atoms with Crippen LogP contribution in [0.15, 0.2) is 36.4 Å². The van der Waals surface area contributed by atoms with Crippen molar-refractivity contribution >= 4 is 28.6 Å². The number of carbonyl (C=O) groups excluding carboxylic acids is 1. The summed E-state index contributed by atoms with van der Waals surface area (Å²) in [7, 11) is 1.42. The lowest BCUT2D eigenvalue weighted by Crippen LogP contribution is -2.04. The molecule has 0 fully saturated rings. The van der Waals surface area contributed by atoms with Crippen LogP contribution in [0.5, 0.6) is 0 Å². The minimum atomic E-state index is -0.255. The molecule has 0 N–H and O–H groups in total. The maximum absolute atomic E-state index is 11.8. The molecule has 18 heavy (non-hydrogen) atoms. The fourth-order valence-corrected chi connectivity index (χ4v) is 3.05. The molecule has 0 spiro atoms. The highest BCUT2D eigenvalue weighted by molar-refractivity contribution is 14.1. The molecule has 0 saturated heterocycles. The van der Waals surface area contributed by atoms with Crippen molar-refractivity contribution in [2.24, 2.45) is 0 Å². The van der Waals surface area contributed by atoms with Crippen LogP contribution in [0, 0.1) is 3.57 Å². The second kappa shape index (κ2) is 4.39. The molecule has 0 unspecified atom stereocenters. The maximum Gasteiger partial charge on any atom is 0.338 e. The lowest BCUT2D eigenvalue weighted by atomic mass is 10.0. The van der Waals surface area contributed by atoms with Crippen LogP contribution in [0.2, 0.25) is 0 Å². The van der Waals surface area contributed by atoms with E-state index >= 15 is 0 Å². The standard InChI is InChI=1S/C15H11IO2/c1-18-15(17)13-4-2-3-12-11-6-5-10(16)7-9(11)8-14(12)13/h2-7H,8H2,1H3. The number of fused-ring (bicyclic) bond motifs is 3. The van der Waals surface area contributed by atoms with Gasteiger partial charge in [0, 0.05) is 3.57 Å². The first-order chi connectivity index (χ1) is 8.70. The topological polar surface area (TPSA) is 26.3 Å². The van der Waals surface area contributed by atoms with Crippen LogP contribution in [0.25, 0.3) is 11.1 Å². The van der Waals surface area contributed by atoms with Gasteiger partial charge in [-0.1, -0.05) is 18.2 Å². The minimum Gasteiger partial charge on any atom is -0.465 e. The van der Waals surface area contributed by atoms with E-state index in [-0.39, 0.29) is 5.97 Å². The van der Waals surface area contributed by atoms with Gasteiger partial charge in [-0.3, -0.25) is 0 Å². The quantitative estimate of drug-likeness (QED) is 0.495. The van der Waals surface area contributed by atoms with Crippen molar-refractivity contribution in [3.05, 3.63) is 56.7 Å². The summed E-state index contributed by atoms with van der Waals surface area (Å²) in [5.74, 6) is -0.255. The fraction of sp³-hybridized carbons (Fsp3) is 0.133. The number of esters is 1. The summed E-state index contributed by atoms with van der Waals surface area (Å²) in [6.45, 7) is 0. The van der Waals surface area contributed by atoms with E-state index in [0.29, 0.717) is 5.56 Å². The highest BCUT2D eigenvalue weighted by atomic mass is 127. The summed E-state index contributed by atoms with van der Waals surface area (Å²) >= 11 is 2.31. The van der Waals surface area contributed by atoms with Gasteiger partial charge in [-0.2, -0.15) is 0 Å². The molecule has 3 heteroatoms. The fourth-order valence-electron chi connectivity index (χ4n) is 2.49. The van der Waals surface area contributed by atoms with Gasteiger partial charge in [-0.15, -0.1) is 0 Å². The van der Waals surface area contributed by atoms with Gasteiger partial charge < -0.3 is 4.74 Å². The molecule has 0 bridgehead atoms. The van der Waals surface area contributed by atoms with Crippen LogP contribution in [0.4, 0.5) is 0 Å². The Morgan fingerprint density at radius 1 is 1.22 bits per heavy atom. The van der Waals surface area contributed by atoms with E-state index in [2.05, 4.69) is 46.9 Å². The van der Waals surface area contributed by atoms with Gasteiger partial charge in [0.25, 0.3) is 0 Å². The van der Waals surface area contributed by atoms with Crippen molar-refractivity contribution in [3.63, 3.8) is 0 Å². The van der Waals surface area contributed by atoms with Gasteiger partial charge in [0.05, 0.1) is 12.7 Å². The van der Waals surface area contributed by atoms with Crippen molar-refractivity contribution in [2.45, 2.75) is 6.42 Å². The van der Waals surface area contributed by atoms with Crippen molar-refractivity contribution in [1.29, 1.82) is 0 Å². The molecule has 3 rings (SSSR count). The molecule has 0 atom stereocenters. The molecule has 0 heterocycles. The molecular weight excluding hydrogens is 339 g/mol. The monoisotopic (exact) mass is 350 g/mol. The zero-order valence-corrected chi connectivity index (χ0v) is 12.0. The number of benzene rings is 2. The number of halogens is 1. The molecule has 2 nitrogen and oxygen atoms in total. The predicted molar refractivity (Wildman–Crippen MR) is 78.7 cm³/mol. The second-order valence-electron chi connectivity index (χ2n) is 4.30. The molecule has 0 amide bonds. The lowest BCUT2D eigenvalue weighted by Gasteiger charge is -2.05. The van der Waals surface area contributed by atoms with Crippen molar-refractivity contribution < 1.29 is 9.53 Å². The Morgan fingerprint density at radius 3 is 2.83 bits per heavy atom. The highest BCUT2D eigenvalue weighted by Crippen LogP contribution is 2.38. The molecular formula is C15H11IO2. The molecule has 2 aromatic rings. The second-order valence-corrected chi connectivity index (χ2v) is 5.55. The lowest BCUT2D eigenvalue weighted by molar-refractivity contribution is 0.0600. The van der Waals surface area contributed by atoms with Gasteiger partial charge >= 0.3 is 5.97 Å². The first-order valence-corrected chi connectivity index (χ1v) is 6.77. The average Bonchev–Trinajstić information content (AvgIpc) is 2.74. The van der Waals surface area contributed by atoms with E-state index in [4.69, 9.17) is 4.74 Å². The maximum atomic E-state index is 11.8. The molecule has 2 aromatic carbocycles. The Kier molecular flexibility index (Phi) is 2.86. The third-order valence-electron chi connectivity index (χ3n) is 3.31. The van der Waals surface area contributed by atoms with Gasteiger partial charge in [-0.05, 0) is 69.5 Å². The van der Waals surface area contributed by atoms with Crippen LogP contribution in [0.1, 0.15) is 21.5 Å². The molecule has 0 saturated carbocycles. The Bertz CT molecular complexity index is 647. The van der Waals surface area contributed by atoms with E-state index in [0.717, 1.165) is 17.5 Å². The summed E-state index contributed by atoms with van der Waals surface area (Å²) in [6.07, 6.45) is 0.812. The number of ether oxygens (including phenoxy) is 1. The van der Waals surface area contributed by atoms with Crippen molar-refractivity contribution in [3.8, 4) is 11.1 Å². The summed E-state index contributed by atoms with van der Waals surface area (Å²) in [6, 6.07) is 12.2.